The molecule has 1 aromatic heterocycles. The van der Waals surface area contributed by atoms with Gasteiger partial charge in [-0.05, 0) is 66.6 Å². The van der Waals surface area contributed by atoms with Crippen molar-refractivity contribution < 1.29 is 13.2 Å². The molecule has 0 aliphatic heterocycles. The Hall–Kier alpha value is -3.79. The number of primary sulfonamides is 1. The largest absolute Gasteiger partial charge is 0.352 e. The Morgan fingerprint density at radius 3 is 2.26 bits per heavy atom. The van der Waals surface area contributed by atoms with E-state index in [1.807, 2.05) is 18.2 Å². The minimum absolute atomic E-state index is 0.0566. The summed E-state index contributed by atoms with van der Waals surface area (Å²) < 4.78 is 22.6. The van der Waals surface area contributed by atoms with Gasteiger partial charge in [-0.3, -0.25) is 4.79 Å². The van der Waals surface area contributed by atoms with Gasteiger partial charge >= 0.3 is 0 Å². The van der Waals surface area contributed by atoms with Crippen molar-refractivity contribution in [2.45, 2.75) is 11.3 Å². The Balaban J connectivity index is 1.32. The summed E-state index contributed by atoms with van der Waals surface area (Å²) in [6.07, 6.45) is 2.22. The molecule has 0 saturated heterocycles. The first-order valence-electron chi connectivity index (χ1n) is 10.6. The molecule has 8 nitrogen and oxygen atoms in total. The number of halogens is 1. The van der Waals surface area contributed by atoms with Crippen molar-refractivity contribution in [1.82, 2.24) is 15.3 Å². The Kier molecular flexibility index (Phi) is 7.40. The Bertz CT molecular complexity index is 1430. The molecular formula is C25H22ClN5O3S. The minimum Gasteiger partial charge on any atom is -0.352 e. The van der Waals surface area contributed by atoms with Crippen molar-refractivity contribution in [2.24, 2.45) is 5.14 Å². The van der Waals surface area contributed by atoms with Crippen LogP contribution in [0, 0.1) is 0 Å². The molecule has 0 aliphatic carbocycles. The fraction of sp³-hybridized carbons (Fsp3) is 0.0800. The van der Waals surface area contributed by atoms with E-state index in [1.165, 1.54) is 12.1 Å². The van der Waals surface area contributed by atoms with Crippen LogP contribution in [-0.2, 0) is 16.4 Å². The second-order valence-electron chi connectivity index (χ2n) is 7.67. The highest BCUT2D eigenvalue weighted by molar-refractivity contribution is 7.89. The van der Waals surface area contributed by atoms with Gasteiger partial charge in [0.05, 0.1) is 10.6 Å². The maximum atomic E-state index is 12.5. The number of amides is 1. The van der Waals surface area contributed by atoms with Gasteiger partial charge in [-0.15, -0.1) is 0 Å². The third kappa shape index (κ3) is 6.63. The van der Waals surface area contributed by atoms with Crippen molar-refractivity contribution in [3.63, 3.8) is 0 Å². The van der Waals surface area contributed by atoms with Crippen molar-refractivity contribution in [2.75, 3.05) is 11.9 Å². The van der Waals surface area contributed by atoms with Crippen LogP contribution in [0.4, 0.5) is 11.6 Å². The highest BCUT2D eigenvalue weighted by atomic mass is 35.5. The Morgan fingerprint density at radius 2 is 1.60 bits per heavy atom. The molecule has 0 unspecified atom stereocenters. The summed E-state index contributed by atoms with van der Waals surface area (Å²) in [5.41, 5.74) is 3.82. The van der Waals surface area contributed by atoms with Crippen molar-refractivity contribution >= 4 is 39.2 Å². The lowest BCUT2D eigenvalue weighted by Crippen LogP contribution is -2.25. The number of benzene rings is 3. The molecule has 10 heteroatoms. The average molecular weight is 508 g/mol. The van der Waals surface area contributed by atoms with E-state index in [4.69, 9.17) is 16.7 Å². The fourth-order valence-electron chi connectivity index (χ4n) is 3.30. The van der Waals surface area contributed by atoms with E-state index < -0.39 is 10.0 Å². The van der Waals surface area contributed by atoms with Gasteiger partial charge in [0.2, 0.25) is 16.0 Å². The summed E-state index contributed by atoms with van der Waals surface area (Å²) in [7, 11) is -3.72. The third-order valence-corrected chi connectivity index (χ3v) is 6.33. The van der Waals surface area contributed by atoms with Crippen LogP contribution >= 0.6 is 11.6 Å². The number of hydrogen-bond acceptors (Lipinski definition) is 6. The van der Waals surface area contributed by atoms with E-state index >= 15 is 0 Å². The first kappa shape index (κ1) is 24.3. The van der Waals surface area contributed by atoms with E-state index in [-0.39, 0.29) is 10.8 Å². The number of rotatable bonds is 8. The summed E-state index contributed by atoms with van der Waals surface area (Å²) in [5.74, 6) is 0.224. The lowest BCUT2D eigenvalue weighted by atomic mass is 10.1. The van der Waals surface area contributed by atoms with Gasteiger partial charge in [0, 0.05) is 34.6 Å². The summed E-state index contributed by atoms with van der Waals surface area (Å²) in [6, 6.07) is 22.4. The van der Waals surface area contributed by atoms with Gasteiger partial charge in [0.1, 0.15) is 0 Å². The SMILES string of the molecule is NS(=O)(=O)c1ccc(CCNC(=O)c2ccc(Nc3nccc(-c4ccc(Cl)cc4)n3)cc2)cc1. The number of sulfonamides is 1. The Labute approximate surface area is 208 Å². The highest BCUT2D eigenvalue weighted by Gasteiger charge is 2.09. The molecule has 0 saturated carbocycles. The number of hydrogen-bond donors (Lipinski definition) is 3. The van der Waals surface area contributed by atoms with Crippen LogP contribution in [0.5, 0.6) is 0 Å². The highest BCUT2D eigenvalue weighted by Crippen LogP contribution is 2.21. The first-order chi connectivity index (χ1) is 16.8. The number of aromatic nitrogens is 2. The number of carbonyl (C=O) groups excluding carboxylic acids is 1. The van der Waals surface area contributed by atoms with Crippen molar-refractivity contribution in [3.8, 4) is 11.3 Å². The van der Waals surface area contributed by atoms with Gasteiger partial charge in [0.15, 0.2) is 0 Å². The smallest absolute Gasteiger partial charge is 0.251 e. The predicted octanol–water partition coefficient (Wildman–Crippen LogP) is 4.16. The monoisotopic (exact) mass is 507 g/mol. The van der Waals surface area contributed by atoms with Gasteiger partial charge in [-0.25, -0.2) is 23.5 Å². The van der Waals surface area contributed by atoms with Gasteiger partial charge < -0.3 is 10.6 Å². The molecule has 0 bridgehead atoms. The molecule has 178 valence electrons. The molecule has 1 heterocycles. The van der Waals surface area contributed by atoms with E-state index in [2.05, 4.69) is 20.6 Å². The lowest BCUT2D eigenvalue weighted by Gasteiger charge is -2.09. The quantitative estimate of drug-likeness (QED) is 0.328. The van der Waals surface area contributed by atoms with Crippen LogP contribution < -0.4 is 15.8 Å². The number of nitrogens with two attached hydrogens (primary N) is 1. The molecule has 4 N–H and O–H groups in total. The second kappa shape index (κ2) is 10.6. The van der Waals surface area contributed by atoms with E-state index in [0.29, 0.717) is 29.5 Å². The summed E-state index contributed by atoms with van der Waals surface area (Å²) >= 11 is 5.95. The predicted molar refractivity (Wildman–Crippen MR) is 136 cm³/mol. The molecule has 0 spiro atoms. The number of nitrogens with zero attached hydrogens (tertiary/aromatic N) is 2. The van der Waals surface area contributed by atoms with Crippen LogP contribution in [0.2, 0.25) is 5.02 Å². The molecule has 4 rings (SSSR count). The van der Waals surface area contributed by atoms with E-state index in [1.54, 1.807) is 54.7 Å². The Morgan fingerprint density at radius 1 is 0.914 bits per heavy atom. The lowest BCUT2D eigenvalue weighted by molar-refractivity contribution is 0.0954. The normalized spacial score (nSPS) is 11.1. The molecule has 1 amide bonds. The van der Waals surface area contributed by atoms with Crippen LogP contribution in [0.25, 0.3) is 11.3 Å². The summed E-state index contributed by atoms with van der Waals surface area (Å²) in [5, 5.41) is 11.8. The van der Waals surface area contributed by atoms with Crippen LogP contribution in [0.1, 0.15) is 15.9 Å². The van der Waals surface area contributed by atoms with Gasteiger partial charge in [-0.2, -0.15) is 0 Å². The molecule has 0 fully saturated rings. The number of anilines is 2. The molecule has 3 aromatic carbocycles. The van der Waals surface area contributed by atoms with Crippen molar-refractivity contribution in [1.29, 1.82) is 0 Å². The molecule has 0 radical (unpaired) electrons. The second-order valence-corrected chi connectivity index (χ2v) is 9.67. The molecule has 0 aliphatic rings. The maximum absolute atomic E-state index is 12.5. The van der Waals surface area contributed by atoms with Gasteiger partial charge in [0.25, 0.3) is 5.91 Å². The summed E-state index contributed by atoms with van der Waals surface area (Å²) in [6.45, 7) is 0.402. The zero-order chi connectivity index (χ0) is 24.8. The maximum Gasteiger partial charge on any atom is 0.251 e. The fourth-order valence-corrected chi connectivity index (χ4v) is 3.94. The van der Waals surface area contributed by atoms with E-state index in [0.717, 1.165) is 22.5 Å². The zero-order valence-electron chi connectivity index (χ0n) is 18.5. The molecule has 0 atom stereocenters. The topological polar surface area (TPSA) is 127 Å². The van der Waals surface area contributed by atoms with Crippen LogP contribution in [0.15, 0.2) is 90.0 Å². The van der Waals surface area contributed by atoms with Crippen molar-refractivity contribution in [3.05, 3.63) is 101 Å². The molecule has 35 heavy (non-hydrogen) atoms. The number of nitrogens with one attached hydrogen (secondary N) is 2. The molecule has 4 aromatic rings. The van der Waals surface area contributed by atoms with E-state index in [9.17, 15) is 13.2 Å². The van der Waals surface area contributed by atoms with Crippen LogP contribution in [0.3, 0.4) is 0 Å². The number of carbonyl (C=O) groups is 1. The third-order valence-electron chi connectivity index (χ3n) is 5.15. The standard InChI is InChI=1S/C25H22ClN5O3S/c26-20-7-3-18(4-8-20)23-14-16-29-25(31-23)30-21-9-5-19(6-10-21)24(32)28-15-13-17-1-11-22(12-2-17)35(27,33)34/h1-12,14,16H,13,15H2,(H,28,32)(H2,27,33,34)(H,29,30,31). The molecular weight excluding hydrogens is 486 g/mol. The first-order valence-corrected chi connectivity index (χ1v) is 12.6. The van der Waals surface area contributed by atoms with Gasteiger partial charge in [-0.1, -0.05) is 35.9 Å². The summed E-state index contributed by atoms with van der Waals surface area (Å²) in [4.78, 5) is 21.3. The minimum atomic E-state index is -3.72. The van der Waals surface area contributed by atoms with Crippen LogP contribution in [-0.4, -0.2) is 30.8 Å². The average Bonchev–Trinajstić information content (AvgIpc) is 2.85. The zero-order valence-corrected chi connectivity index (χ0v) is 20.1.